The SMILES string of the molecule is Cc1ccc(NC(=S)NC[C@H]2CCCO2)cc1S(=O)(=O)N1CCCCC1. The second kappa shape index (κ2) is 8.65. The number of ether oxygens (including phenoxy) is 1. The smallest absolute Gasteiger partial charge is 0.243 e. The molecular weight excluding hydrogens is 370 g/mol. The topological polar surface area (TPSA) is 70.7 Å². The van der Waals surface area contributed by atoms with Crippen LogP contribution in [0.5, 0.6) is 0 Å². The van der Waals surface area contributed by atoms with Gasteiger partial charge in [0.2, 0.25) is 10.0 Å². The monoisotopic (exact) mass is 397 g/mol. The van der Waals surface area contributed by atoms with Crippen LogP contribution in [0.15, 0.2) is 23.1 Å². The van der Waals surface area contributed by atoms with Crippen LogP contribution in [0.3, 0.4) is 0 Å². The fourth-order valence-electron chi connectivity index (χ4n) is 3.39. The average molecular weight is 398 g/mol. The van der Waals surface area contributed by atoms with E-state index in [1.165, 1.54) is 0 Å². The van der Waals surface area contributed by atoms with Crippen molar-refractivity contribution in [3.8, 4) is 0 Å². The molecule has 0 amide bonds. The molecule has 3 rings (SSSR count). The molecule has 0 spiro atoms. The van der Waals surface area contributed by atoms with Gasteiger partial charge in [0.05, 0.1) is 11.0 Å². The van der Waals surface area contributed by atoms with Crippen molar-refractivity contribution in [3.05, 3.63) is 23.8 Å². The van der Waals surface area contributed by atoms with Crippen molar-refractivity contribution in [3.63, 3.8) is 0 Å². The number of piperidine rings is 1. The summed E-state index contributed by atoms with van der Waals surface area (Å²) in [6.07, 6.45) is 5.27. The lowest BCUT2D eigenvalue weighted by molar-refractivity contribution is 0.114. The van der Waals surface area contributed by atoms with Gasteiger partial charge >= 0.3 is 0 Å². The predicted octanol–water partition coefficient (Wildman–Crippen LogP) is 2.64. The minimum absolute atomic E-state index is 0.197. The van der Waals surface area contributed by atoms with Crippen LogP contribution in [0.2, 0.25) is 0 Å². The molecule has 0 saturated carbocycles. The van der Waals surface area contributed by atoms with Gasteiger partial charge in [-0.15, -0.1) is 0 Å². The van der Waals surface area contributed by atoms with E-state index in [2.05, 4.69) is 10.6 Å². The first-order valence-corrected chi connectivity index (χ1v) is 11.1. The van der Waals surface area contributed by atoms with E-state index in [4.69, 9.17) is 17.0 Å². The Hall–Kier alpha value is -1.22. The molecule has 2 aliphatic rings. The predicted molar refractivity (Wildman–Crippen MR) is 107 cm³/mol. The van der Waals surface area contributed by atoms with Crippen LogP contribution >= 0.6 is 12.2 Å². The van der Waals surface area contributed by atoms with Crippen molar-refractivity contribution in [1.29, 1.82) is 0 Å². The van der Waals surface area contributed by atoms with Crippen molar-refractivity contribution in [2.24, 2.45) is 0 Å². The third kappa shape index (κ3) is 4.73. The molecule has 0 unspecified atom stereocenters. The molecule has 1 aromatic carbocycles. The highest BCUT2D eigenvalue weighted by atomic mass is 32.2. The zero-order chi connectivity index (χ0) is 18.6. The second-order valence-electron chi connectivity index (χ2n) is 6.92. The Morgan fingerprint density at radius 2 is 2.04 bits per heavy atom. The maximum atomic E-state index is 13.0. The summed E-state index contributed by atoms with van der Waals surface area (Å²) in [5, 5.41) is 6.71. The van der Waals surface area contributed by atoms with Crippen LogP contribution in [-0.2, 0) is 14.8 Å². The molecule has 1 aromatic rings. The molecule has 2 aliphatic heterocycles. The average Bonchev–Trinajstić information content (AvgIpc) is 3.16. The van der Waals surface area contributed by atoms with Gasteiger partial charge in [0.25, 0.3) is 0 Å². The highest BCUT2D eigenvalue weighted by Gasteiger charge is 2.27. The summed E-state index contributed by atoms with van der Waals surface area (Å²) in [5.41, 5.74) is 1.43. The minimum atomic E-state index is -3.47. The lowest BCUT2D eigenvalue weighted by Crippen LogP contribution is -2.36. The van der Waals surface area contributed by atoms with E-state index in [0.717, 1.165) is 44.3 Å². The molecule has 144 valence electrons. The summed E-state index contributed by atoms with van der Waals surface area (Å²) in [5.74, 6) is 0. The molecule has 6 nitrogen and oxygen atoms in total. The van der Waals surface area contributed by atoms with Crippen molar-refractivity contribution in [2.75, 3.05) is 31.6 Å². The van der Waals surface area contributed by atoms with Crippen molar-refractivity contribution >= 4 is 33.0 Å². The normalized spacial score (nSPS) is 21.5. The standard InChI is InChI=1S/C18H27N3O3S2/c1-14-7-8-15(20-18(25)19-13-16-6-5-11-24-16)12-17(14)26(22,23)21-9-3-2-4-10-21/h7-8,12,16H,2-6,9-11,13H2,1H3,(H2,19,20,25)/t16-/m1/s1. The summed E-state index contributed by atoms with van der Waals surface area (Å²) in [6, 6.07) is 5.35. The fourth-order valence-corrected chi connectivity index (χ4v) is 5.36. The summed E-state index contributed by atoms with van der Waals surface area (Å²) < 4.78 is 33.1. The van der Waals surface area contributed by atoms with Crippen LogP contribution in [0.25, 0.3) is 0 Å². The molecule has 2 fully saturated rings. The molecule has 1 atom stereocenters. The molecule has 8 heteroatoms. The van der Waals surface area contributed by atoms with Gasteiger partial charge in [-0.3, -0.25) is 0 Å². The molecule has 0 radical (unpaired) electrons. The van der Waals surface area contributed by atoms with Crippen molar-refractivity contribution in [2.45, 2.75) is 50.0 Å². The van der Waals surface area contributed by atoms with Gasteiger partial charge in [-0.25, -0.2) is 8.42 Å². The molecule has 26 heavy (non-hydrogen) atoms. The van der Waals surface area contributed by atoms with E-state index in [9.17, 15) is 8.42 Å². The van der Waals surface area contributed by atoms with E-state index in [1.807, 2.05) is 19.1 Å². The van der Waals surface area contributed by atoms with Crippen LogP contribution in [0.4, 0.5) is 5.69 Å². The number of hydrogen-bond donors (Lipinski definition) is 2. The number of sulfonamides is 1. The first-order chi connectivity index (χ1) is 12.5. The lowest BCUT2D eigenvalue weighted by atomic mass is 10.2. The third-order valence-corrected chi connectivity index (χ3v) is 7.18. The second-order valence-corrected chi connectivity index (χ2v) is 9.23. The van der Waals surface area contributed by atoms with Gasteiger partial charge in [-0.05, 0) is 62.5 Å². The fraction of sp³-hybridized carbons (Fsp3) is 0.611. The van der Waals surface area contributed by atoms with Crippen molar-refractivity contribution in [1.82, 2.24) is 9.62 Å². The van der Waals surface area contributed by atoms with E-state index in [0.29, 0.717) is 35.3 Å². The molecule has 0 bridgehead atoms. The molecule has 2 N–H and O–H groups in total. The van der Waals surface area contributed by atoms with Gasteiger partial charge in [0.15, 0.2) is 5.11 Å². The number of rotatable bonds is 5. The first-order valence-electron chi connectivity index (χ1n) is 9.24. The lowest BCUT2D eigenvalue weighted by Gasteiger charge is -2.26. The number of aryl methyl sites for hydroxylation is 1. The summed E-state index contributed by atoms with van der Waals surface area (Å²) >= 11 is 5.33. The molecule has 2 saturated heterocycles. The number of benzene rings is 1. The van der Waals surface area contributed by atoms with E-state index in [1.54, 1.807) is 10.4 Å². The van der Waals surface area contributed by atoms with Crippen LogP contribution in [-0.4, -0.2) is 50.2 Å². The Balaban J connectivity index is 1.67. The molecular formula is C18H27N3O3S2. The minimum Gasteiger partial charge on any atom is -0.376 e. The highest BCUT2D eigenvalue weighted by Crippen LogP contribution is 2.26. The summed E-state index contributed by atoms with van der Waals surface area (Å²) in [7, 11) is -3.47. The number of nitrogens with one attached hydrogen (secondary N) is 2. The van der Waals surface area contributed by atoms with E-state index < -0.39 is 10.0 Å². The number of thiocarbonyl (C=S) groups is 1. The highest BCUT2D eigenvalue weighted by molar-refractivity contribution is 7.89. The van der Waals surface area contributed by atoms with Gasteiger partial charge in [-0.1, -0.05) is 12.5 Å². The largest absolute Gasteiger partial charge is 0.376 e. The molecule has 0 aliphatic carbocycles. The van der Waals surface area contributed by atoms with Crippen LogP contribution in [0, 0.1) is 6.92 Å². The maximum Gasteiger partial charge on any atom is 0.243 e. The Morgan fingerprint density at radius 1 is 1.27 bits per heavy atom. The van der Waals surface area contributed by atoms with Crippen molar-refractivity contribution < 1.29 is 13.2 Å². The Morgan fingerprint density at radius 3 is 2.73 bits per heavy atom. The summed E-state index contributed by atoms with van der Waals surface area (Å²) in [4.78, 5) is 0.353. The quantitative estimate of drug-likeness (QED) is 0.745. The molecule has 0 aromatic heterocycles. The summed E-state index contributed by atoms with van der Waals surface area (Å²) in [6.45, 7) is 4.50. The maximum absolute atomic E-state index is 13.0. The molecule has 2 heterocycles. The van der Waals surface area contributed by atoms with E-state index >= 15 is 0 Å². The first kappa shape index (κ1) is 19.5. The number of nitrogens with zero attached hydrogens (tertiary/aromatic N) is 1. The third-order valence-electron chi connectivity index (χ3n) is 4.89. The zero-order valence-corrected chi connectivity index (χ0v) is 16.8. The van der Waals surface area contributed by atoms with Gasteiger partial charge < -0.3 is 15.4 Å². The van der Waals surface area contributed by atoms with E-state index in [-0.39, 0.29) is 6.10 Å². The Labute approximate surface area is 161 Å². The Kier molecular flexibility index (Phi) is 6.50. The van der Waals surface area contributed by atoms with Crippen LogP contribution in [0.1, 0.15) is 37.7 Å². The van der Waals surface area contributed by atoms with Gasteiger partial charge in [0, 0.05) is 31.9 Å². The zero-order valence-electron chi connectivity index (χ0n) is 15.2. The van der Waals surface area contributed by atoms with Gasteiger partial charge in [-0.2, -0.15) is 4.31 Å². The Bertz CT molecular complexity index is 740. The van der Waals surface area contributed by atoms with Crippen LogP contribution < -0.4 is 10.6 Å². The number of anilines is 1. The van der Waals surface area contributed by atoms with Gasteiger partial charge in [0.1, 0.15) is 0 Å². The number of hydrogen-bond acceptors (Lipinski definition) is 4.